The van der Waals surface area contributed by atoms with Gasteiger partial charge >= 0.3 is 0 Å². The SMILES string of the molecule is Cc1ccc(C)n1-c1ccc(C2CCCN2C(C)C)cn1. The average Bonchev–Trinajstić information content (AvgIpc) is 3.07. The Bertz CT molecular complexity index is 590. The van der Waals surface area contributed by atoms with Crippen LogP contribution < -0.4 is 0 Å². The lowest BCUT2D eigenvalue weighted by atomic mass is 10.1. The zero-order valence-electron chi connectivity index (χ0n) is 13.5. The Morgan fingerprint density at radius 3 is 2.38 bits per heavy atom. The molecule has 0 spiro atoms. The number of aryl methyl sites for hydroxylation is 2. The van der Waals surface area contributed by atoms with Gasteiger partial charge in [0.2, 0.25) is 0 Å². The lowest BCUT2D eigenvalue weighted by Gasteiger charge is -2.28. The molecule has 3 heterocycles. The van der Waals surface area contributed by atoms with Crippen LogP contribution in [-0.4, -0.2) is 27.0 Å². The van der Waals surface area contributed by atoms with Crippen LogP contribution in [0.1, 0.15) is 49.7 Å². The van der Waals surface area contributed by atoms with Gasteiger partial charge in [-0.25, -0.2) is 4.98 Å². The van der Waals surface area contributed by atoms with Crippen LogP contribution in [0.25, 0.3) is 5.82 Å². The van der Waals surface area contributed by atoms with E-state index >= 15 is 0 Å². The van der Waals surface area contributed by atoms with Gasteiger partial charge in [0.25, 0.3) is 0 Å². The molecule has 0 bridgehead atoms. The summed E-state index contributed by atoms with van der Waals surface area (Å²) in [6.07, 6.45) is 4.61. The predicted octanol–water partition coefficient (Wildman–Crippen LogP) is 4.03. The molecule has 1 aliphatic rings. The Morgan fingerprint density at radius 1 is 1.10 bits per heavy atom. The van der Waals surface area contributed by atoms with Gasteiger partial charge in [-0.05, 0) is 70.8 Å². The predicted molar refractivity (Wildman–Crippen MR) is 86.9 cm³/mol. The molecule has 2 aromatic rings. The van der Waals surface area contributed by atoms with Crippen molar-refractivity contribution < 1.29 is 0 Å². The summed E-state index contributed by atoms with van der Waals surface area (Å²) < 4.78 is 2.21. The first kappa shape index (κ1) is 14.3. The normalized spacial score (nSPS) is 19.6. The summed E-state index contributed by atoms with van der Waals surface area (Å²) in [5.74, 6) is 1.02. The highest BCUT2D eigenvalue weighted by molar-refractivity contribution is 5.33. The van der Waals surface area contributed by atoms with Crippen molar-refractivity contribution in [1.82, 2.24) is 14.5 Å². The summed E-state index contributed by atoms with van der Waals surface area (Å²) in [6.45, 7) is 10.0. The molecule has 0 amide bonds. The van der Waals surface area contributed by atoms with Crippen molar-refractivity contribution in [1.29, 1.82) is 0 Å². The lowest BCUT2D eigenvalue weighted by Crippen LogP contribution is -2.30. The molecule has 1 atom stereocenters. The number of nitrogens with zero attached hydrogens (tertiary/aromatic N) is 3. The van der Waals surface area contributed by atoms with Gasteiger partial charge in [0, 0.05) is 29.7 Å². The minimum Gasteiger partial charge on any atom is -0.303 e. The monoisotopic (exact) mass is 283 g/mol. The summed E-state index contributed by atoms with van der Waals surface area (Å²) >= 11 is 0. The highest BCUT2D eigenvalue weighted by Crippen LogP contribution is 2.33. The first-order valence-corrected chi connectivity index (χ1v) is 7.95. The maximum Gasteiger partial charge on any atom is 0.136 e. The Hall–Kier alpha value is -1.61. The van der Waals surface area contributed by atoms with Gasteiger partial charge < -0.3 is 4.57 Å². The van der Waals surface area contributed by atoms with E-state index in [4.69, 9.17) is 4.98 Å². The molecule has 2 aromatic heterocycles. The van der Waals surface area contributed by atoms with E-state index in [1.165, 1.54) is 36.3 Å². The Morgan fingerprint density at radius 2 is 1.81 bits per heavy atom. The van der Waals surface area contributed by atoms with Crippen LogP contribution in [0.4, 0.5) is 0 Å². The topological polar surface area (TPSA) is 21.1 Å². The summed E-state index contributed by atoms with van der Waals surface area (Å²) in [4.78, 5) is 7.30. The molecule has 0 aromatic carbocycles. The molecule has 0 radical (unpaired) electrons. The number of pyridine rings is 1. The van der Waals surface area contributed by atoms with Crippen molar-refractivity contribution in [2.45, 2.75) is 52.6 Å². The Kier molecular flexibility index (Phi) is 3.85. The maximum absolute atomic E-state index is 4.72. The molecule has 112 valence electrons. The van der Waals surface area contributed by atoms with E-state index < -0.39 is 0 Å². The van der Waals surface area contributed by atoms with Crippen LogP contribution in [0, 0.1) is 13.8 Å². The molecular weight excluding hydrogens is 258 g/mol. The van der Waals surface area contributed by atoms with Gasteiger partial charge in [0.05, 0.1) is 0 Å². The Balaban J connectivity index is 1.88. The molecule has 1 fully saturated rings. The molecule has 0 aliphatic carbocycles. The van der Waals surface area contributed by atoms with Crippen LogP contribution >= 0.6 is 0 Å². The molecule has 3 heteroatoms. The van der Waals surface area contributed by atoms with Crippen molar-refractivity contribution in [3.63, 3.8) is 0 Å². The molecule has 21 heavy (non-hydrogen) atoms. The van der Waals surface area contributed by atoms with Crippen LogP contribution in [0.2, 0.25) is 0 Å². The van der Waals surface area contributed by atoms with Gasteiger partial charge in [-0.3, -0.25) is 4.90 Å². The summed E-state index contributed by atoms with van der Waals surface area (Å²) in [6, 6.07) is 9.84. The largest absolute Gasteiger partial charge is 0.303 e. The zero-order valence-corrected chi connectivity index (χ0v) is 13.5. The fourth-order valence-corrected chi connectivity index (χ4v) is 3.52. The standard InChI is InChI=1S/C18H25N3/c1-13(2)20-11-5-6-17(20)16-9-10-18(19-12-16)21-14(3)7-8-15(21)4/h7-10,12-13,17H,5-6,11H2,1-4H3. The van der Waals surface area contributed by atoms with E-state index in [-0.39, 0.29) is 0 Å². The molecule has 1 aliphatic heterocycles. The second kappa shape index (κ2) is 5.64. The lowest BCUT2D eigenvalue weighted by molar-refractivity contribution is 0.205. The van der Waals surface area contributed by atoms with Crippen molar-refractivity contribution in [3.8, 4) is 5.82 Å². The minimum absolute atomic E-state index is 0.540. The summed E-state index contributed by atoms with van der Waals surface area (Å²) in [5, 5.41) is 0. The molecule has 0 saturated carbocycles. The first-order valence-electron chi connectivity index (χ1n) is 7.95. The number of likely N-dealkylation sites (tertiary alicyclic amines) is 1. The van der Waals surface area contributed by atoms with Crippen LogP contribution in [0.15, 0.2) is 30.5 Å². The zero-order chi connectivity index (χ0) is 15.0. The first-order chi connectivity index (χ1) is 10.1. The second-order valence-corrected chi connectivity index (χ2v) is 6.39. The number of aromatic nitrogens is 2. The fraction of sp³-hybridized carbons (Fsp3) is 0.500. The average molecular weight is 283 g/mol. The van der Waals surface area contributed by atoms with E-state index in [1.807, 2.05) is 0 Å². The van der Waals surface area contributed by atoms with Crippen molar-refractivity contribution >= 4 is 0 Å². The van der Waals surface area contributed by atoms with Gasteiger partial charge in [0.1, 0.15) is 5.82 Å². The molecule has 3 nitrogen and oxygen atoms in total. The second-order valence-electron chi connectivity index (χ2n) is 6.39. The van der Waals surface area contributed by atoms with Crippen LogP contribution in [0.5, 0.6) is 0 Å². The number of hydrogen-bond acceptors (Lipinski definition) is 2. The maximum atomic E-state index is 4.72. The van der Waals surface area contributed by atoms with Crippen LogP contribution in [-0.2, 0) is 0 Å². The highest BCUT2D eigenvalue weighted by Gasteiger charge is 2.27. The molecule has 0 N–H and O–H groups in total. The third kappa shape index (κ3) is 2.62. The van der Waals surface area contributed by atoms with Crippen molar-refractivity contribution in [2.24, 2.45) is 0 Å². The molecule has 1 unspecified atom stereocenters. The van der Waals surface area contributed by atoms with Gasteiger partial charge in [-0.15, -0.1) is 0 Å². The number of hydrogen-bond donors (Lipinski definition) is 0. The third-order valence-electron chi connectivity index (χ3n) is 4.61. The third-order valence-corrected chi connectivity index (χ3v) is 4.61. The minimum atomic E-state index is 0.540. The fourth-order valence-electron chi connectivity index (χ4n) is 3.52. The van der Waals surface area contributed by atoms with E-state index in [1.54, 1.807) is 0 Å². The van der Waals surface area contributed by atoms with E-state index in [0.29, 0.717) is 12.1 Å². The van der Waals surface area contributed by atoms with E-state index in [0.717, 1.165) is 5.82 Å². The molecular formula is C18H25N3. The highest BCUT2D eigenvalue weighted by atomic mass is 15.2. The van der Waals surface area contributed by atoms with Gasteiger partial charge in [0.15, 0.2) is 0 Å². The van der Waals surface area contributed by atoms with Crippen molar-refractivity contribution in [2.75, 3.05) is 6.54 Å². The quantitative estimate of drug-likeness (QED) is 0.848. The van der Waals surface area contributed by atoms with E-state index in [9.17, 15) is 0 Å². The van der Waals surface area contributed by atoms with Gasteiger partial charge in [-0.2, -0.15) is 0 Å². The smallest absolute Gasteiger partial charge is 0.136 e. The summed E-state index contributed by atoms with van der Waals surface area (Å²) in [5.41, 5.74) is 3.82. The molecule has 1 saturated heterocycles. The summed E-state index contributed by atoms with van der Waals surface area (Å²) in [7, 11) is 0. The van der Waals surface area contributed by atoms with Gasteiger partial charge in [-0.1, -0.05) is 6.07 Å². The number of rotatable bonds is 3. The van der Waals surface area contributed by atoms with Crippen molar-refractivity contribution in [3.05, 3.63) is 47.4 Å². The Labute approximate surface area is 127 Å². The van der Waals surface area contributed by atoms with E-state index in [2.05, 4.69) is 67.6 Å². The van der Waals surface area contributed by atoms with Crippen LogP contribution in [0.3, 0.4) is 0 Å². The molecule has 3 rings (SSSR count).